The molecular weight excluding hydrogens is 340 g/mol. The number of aryl methyl sites for hydroxylation is 1. The molecule has 2 saturated heterocycles. The van der Waals surface area contributed by atoms with Crippen molar-refractivity contribution in [3.8, 4) is 5.75 Å². The number of nitrogens with one attached hydrogen (secondary N) is 1. The minimum Gasteiger partial charge on any atom is -0.492 e. The number of fused-ring (bicyclic) bond motifs is 1. The second-order valence-corrected chi connectivity index (χ2v) is 8.23. The van der Waals surface area contributed by atoms with Crippen LogP contribution in [0.4, 0.5) is 0 Å². The number of halogens is 1. The Balaban J connectivity index is 1.97. The number of benzene rings is 1. The molecule has 0 saturated carbocycles. The zero-order chi connectivity index (χ0) is 16.8. The Labute approximate surface area is 140 Å². The van der Waals surface area contributed by atoms with Gasteiger partial charge in [-0.05, 0) is 31.5 Å². The van der Waals surface area contributed by atoms with Gasteiger partial charge >= 0.3 is 0 Å². The maximum absolute atomic E-state index is 13.0. The van der Waals surface area contributed by atoms with Crippen LogP contribution < -0.4 is 10.1 Å². The molecule has 8 heteroatoms. The van der Waals surface area contributed by atoms with Gasteiger partial charge in [0, 0.05) is 30.6 Å². The Morgan fingerprint density at radius 3 is 2.78 bits per heavy atom. The van der Waals surface area contributed by atoms with Gasteiger partial charge in [-0.3, -0.25) is 4.79 Å². The van der Waals surface area contributed by atoms with E-state index < -0.39 is 10.0 Å². The average molecular weight is 359 g/mol. The van der Waals surface area contributed by atoms with Gasteiger partial charge in [0.2, 0.25) is 15.9 Å². The van der Waals surface area contributed by atoms with E-state index >= 15 is 0 Å². The van der Waals surface area contributed by atoms with E-state index in [1.165, 1.54) is 10.4 Å². The van der Waals surface area contributed by atoms with Crippen molar-refractivity contribution in [2.75, 3.05) is 26.2 Å². The molecule has 1 N–H and O–H groups in total. The normalized spacial score (nSPS) is 24.6. The fraction of sp³-hybridized carbons (Fsp3) is 0.533. The van der Waals surface area contributed by atoms with Crippen LogP contribution in [0.15, 0.2) is 17.0 Å². The van der Waals surface area contributed by atoms with E-state index in [-0.39, 0.29) is 29.2 Å². The molecule has 0 aromatic heterocycles. The number of carbonyl (C=O) groups excluding carboxylic acids is 1. The quantitative estimate of drug-likeness (QED) is 0.883. The zero-order valence-electron chi connectivity index (χ0n) is 13.0. The largest absolute Gasteiger partial charge is 0.492 e. The van der Waals surface area contributed by atoms with Gasteiger partial charge in [-0.2, -0.15) is 4.31 Å². The predicted octanol–water partition coefficient (Wildman–Crippen LogP) is 1.41. The Hall–Kier alpha value is -1.31. The number of carbonyl (C=O) groups is 1. The summed E-state index contributed by atoms with van der Waals surface area (Å²) in [4.78, 5) is 11.8. The smallest absolute Gasteiger partial charge is 0.246 e. The third kappa shape index (κ3) is 2.81. The topological polar surface area (TPSA) is 75.7 Å². The van der Waals surface area contributed by atoms with Crippen molar-refractivity contribution in [2.24, 2.45) is 11.8 Å². The van der Waals surface area contributed by atoms with Gasteiger partial charge in [0.25, 0.3) is 0 Å². The summed E-state index contributed by atoms with van der Waals surface area (Å²) in [5.41, 5.74) is 0.756. The number of hydrogen-bond acceptors (Lipinski definition) is 4. The molecule has 126 valence electrons. The molecule has 2 heterocycles. The maximum atomic E-state index is 13.0. The molecule has 3 rings (SSSR count). The molecule has 1 amide bonds. The standard InChI is InChI=1S/C15H19ClN2O4S/c1-3-22-13-4-9(2)12(16)5-14(13)23(20,21)18-7-10-6-17-15(19)11(10)8-18/h4-5,10-11H,3,6-8H2,1-2H3,(H,17,19)/t10-,11+/m0/s1. The van der Waals surface area contributed by atoms with E-state index in [4.69, 9.17) is 16.3 Å². The minimum atomic E-state index is -3.75. The van der Waals surface area contributed by atoms with Crippen molar-refractivity contribution in [1.29, 1.82) is 0 Å². The van der Waals surface area contributed by atoms with E-state index in [0.29, 0.717) is 30.5 Å². The fourth-order valence-electron chi connectivity index (χ4n) is 3.14. The number of nitrogens with zero attached hydrogens (tertiary/aromatic N) is 1. The first kappa shape index (κ1) is 16.5. The fourth-order valence-corrected chi connectivity index (χ4v) is 5.03. The SMILES string of the molecule is CCOc1cc(C)c(Cl)cc1S(=O)(=O)N1C[C@@H]2CNC(=O)[C@@H]2C1. The zero-order valence-corrected chi connectivity index (χ0v) is 14.6. The monoisotopic (exact) mass is 358 g/mol. The molecule has 1 aromatic carbocycles. The summed E-state index contributed by atoms with van der Waals surface area (Å²) in [6.07, 6.45) is 0. The average Bonchev–Trinajstić information content (AvgIpc) is 3.06. The number of rotatable bonds is 4. The molecule has 2 atom stereocenters. The molecule has 23 heavy (non-hydrogen) atoms. The van der Waals surface area contributed by atoms with E-state index in [2.05, 4.69) is 5.32 Å². The molecule has 6 nitrogen and oxygen atoms in total. The highest BCUT2D eigenvalue weighted by Gasteiger charge is 2.46. The highest BCUT2D eigenvalue weighted by molar-refractivity contribution is 7.89. The predicted molar refractivity (Wildman–Crippen MR) is 86.1 cm³/mol. The van der Waals surface area contributed by atoms with E-state index in [1.807, 2.05) is 0 Å². The lowest BCUT2D eigenvalue weighted by atomic mass is 10.0. The molecular formula is C15H19ClN2O4S. The van der Waals surface area contributed by atoms with Crippen LogP contribution >= 0.6 is 11.6 Å². The van der Waals surface area contributed by atoms with Crippen LogP contribution in [0.3, 0.4) is 0 Å². The van der Waals surface area contributed by atoms with Crippen LogP contribution in [0.5, 0.6) is 5.75 Å². The molecule has 0 bridgehead atoms. The van der Waals surface area contributed by atoms with Crippen LogP contribution in [-0.2, 0) is 14.8 Å². The summed E-state index contributed by atoms with van der Waals surface area (Å²) in [6, 6.07) is 3.08. The van der Waals surface area contributed by atoms with Gasteiger partial charge in [0.05, 0.1) is 12.5 Å². The molecule has 0 unspecified atom stereocenters. The van der Waals surface area contributed by atoms with Crippen LogP contribution in [-0.4, -0.2) is 44.9 Å². The summed E-state index contributed by atoms with van der Waals surface area (Å²) in [6.45, 7) is 5.02. The van der Waals surface area contributed by atoms with Crippen LogP contribution in [0.1, 0.15) is 12.5 Å². The van der Waals surface area contributed by atoms with Crippen molar-refractivity contribution in [3.05, 3.63) is 22.7 Å². The van der Waals surface area contributed by atoms with Crippen molar-refractivity contribution >= 4 is 27.5 Å². The molecule has 2 aliphatic rings. The maximum Gasteiger partial charge on any atom is 0.246 e. The lowest BCUT2D eigenvalue weighted by Crippen LogP contribution is -2.33. The van der Waals surface area contributed by atoms with Gasteiger partial charge in [-0.1, -0.05) is 11.6 Å². The number of hydrogen-bond donors (Lipinski definition) is 1. The van der Waals surface area contributed by atoms with E-state index in [0.717, 1.165) is 5.56 Å². The van der Waals surface area contributed by atoms with Gasteiger partial charge in [-0.25, -0.2) is 8.42 Å². The molecule has 2 fully saturated rings. The first-order valence-corrected chi connectivity index (χ1v) is 9.37. The summed E-state index contributed by atoms with van der Waals surface area (Å²) in [5, 5.41) is 3.15. The van der Waals surface area contributed by atoms with Crippen LogP contribution in [0, 0.1) is 18.8 Å². The van der Waals surface area contributed by atoms with Crippen LogP contribution in [0.2, 0.25) is 5.02 Å². The number of ether oxygens (including phenoxy) is 1. The molecule has 0 aliphatic carbocycles. The first-order chi connectivity index (χ1) is 10.8. The molecule has 2 aliphatic heterocycles. The molecule has 1 aromatic rings. The first-order valence-electron chi connectivity index (χ1n) is 7.55. The number of amides is 1. The highest BCUT2D eigenvalue weighted by atomic mass is 35.5. The summed E-state index contributed by atoms with van der Waals surface area (Å²) >= 11 is 6.12. The van der Waals surface area contributed by atoms with Gasteiger partial charge in [-0.15, -0.1) is 0 Å². The Morgan fingerprint density at radius 1 is 1.39 bits per heavy atom. The second kappa shape index (κ2) is 5.96. The minimum absolute atomic E-state index is 0.0359. The highest BCUT2D eigenvalue weighted by Crippen LogP contribution is 2.36. The number of sulfonamides is 1. The van der Waals surface area contributed by atoms with Crippen molar-refractivity contribution in [1.82, 2.24) is 9.62 Å². The summed E-state index contributed by atoms with van der Waals surface area (Å²) in [7, 11) is -3.75. The lowest BCUT2D eigenvalue weighted by molar-refractivity contribution is -0.122. The third-order valence-corrected chi connectivity index (χ3v) is 6.69. The van der Waals surface area contributed by atoms with E-state index in [9.17, 15) is 13.2 Å². The Kier molecular flexibility index (Phi) is 4.29. The molecule has 0 radical (unpaired) electrons. The second-order valence-electron chi connectivity index (χ2n) is 5.91. The van der Waals surface area contributed by atoms with Crippen molar-refractivity contribution in [2.45, 2.75) is 18.7 Å². The van der Waals surface area contributed by atoms with E-state index in [1.54, 1.807) is 19.9 Å². The lowest BCUT2D eigenvalue weighted by Gasteiger charge is -2.20. The van der Waals surface area contributed by atoms with Gasteiger partial charge < -0.3 is 10.1 Å². The van der Waals surface area contributed by atoms with Crippen molar-refractivity contribution in [3.63, 3.8) is 0 Å². The van der Waals surface area contributed by atoms with Gasteiger partial charge in [0.1, 0.15) is 10.6 Å². The van der Waals surface area contributed by atoms with Crippen LogP contribution in [0.25, 0.3) is 0 Å². The van der Waals surface area contributed by atoms with Crippen molar-refractivity contribution < 1.29 is 17.9 Å². The van der Waals surface area contributed by atoms with Gasteiger partial charge in [0.15, 0.2) is 0 Å². The Morgan fingerprint density at radius 2 is 2.13 bits per heavy atom. The third-order valence-electron chi connectivity index (χ3n) is 4.43. The summed E-state index contributed by atoms with van der Waals surface area (Å²) in [5.74, 6) is 0.00515. The summed E-state index contributed by atoms with van der Waals surface area (Å²) < 4.78 is 32.8. The molecule has 0 spiro atoms. The Bertz CT molecular complexity index is 750.